The second-order valence-electron chi connectivity index (χ2n) is 7.54. The molecule has 1 amide bonds. The average Bonchev–Trinajstić information content (AvgIpc) is 2.99. The highest BCUT2D eigenvalue weighted by Crippen LogP contribution is 2.32. The van der Waals surface area contributed by atoms with Gasteiger partial charge in [-0.15, -0.1) is 0 Å². The number of hydrogen-bond acceptors (Lipinski definition) is 6. The van der Waals surface area contributed by atoms with Gasteiger partial charge in [0.1, 0.15) is 0 Å². The van der Waals surface area contributed by atoms with Gasteiger partial charge in [-0.05, 0) is 66.7 Å². The first-order valence-corrected chi connectivity index (χ1v) is 10.7. The maximum Gasteiger partial charge on any atom is 0.223 e. The Morgan fingerprint density at radius 1 is 1.18 bits per heavy atom. The van der Waals surface area contributed by atoms with E-state index in [4.69, 9.17) is 0 Å². The van der Waals surface area contributed by atoms with Crippen LogP contribution < -0.4 is 10.6 Å². The Hall–Kier alpha value is -2.13. The third kappa shape index (κ3) is 5.02. The van der Waals surface area contributed by atoms with Crippen molar-refractivity contribution in [2.45, 2.75) is 44.7 Å². The Bertz CT molecular complexity index is 1050. The molecule has 1 atom stereocenters. The predicted octanol–water partition coefficient (Wildman–Crippen LogP) is 4.05. The van der Waals surface area contributed by atoms with E-state index in [1.165, 1.54) is 18.3 Å². The van der Waals surface area contributed by atoms with Crippen molar-refractivity contribution in [3.8, 4) is 11.1 Å². The summed E-state index contributed by atoms with van der Waals surface area (Å²) in [5.41, 5.74) is 3.13. The van der Waals surface area contributed by atoms with Crippen LogP contribution in [-0.4, -0.2) is 25.2 Å². The van der Waals surface area contributed by atoms with Gasteiger partial charge in [0.2, 0.25) is 5.91 Å². The van der Waals surface area contributed by atoms with Gasteiger partial charge in [-0.2, -0.15) is 0 Å². The number of hydrogen-bond donors (Lipinski definition) is 2. The molecule has 148 valence electrons. The zero-order chi connectivity index (χ0) is 20.5. The van der Waals surface area contributed by atoms with Crippen molar-refractivity contribution in [3.63, 3.8) is 0 Å². The van der Waals surface area contributed by atoms with Gasteiger partial charge in [0, 0.05) is 23.9 Å². The molecule has 8 heteroatoms. The third-order valence-electron chi connectivity index (χ3n) is 4.06. The van der Waals surface area contributed by atoms with E-state index in [-0.39, 0.29) is 16.3 Å². The summed E-state index contributed by atoms with van der Waals surface area (Å²) in [6.45, 7) is 8.03. The van der Waals surface area contributed by atoms with Gasteiger partial charge in [0.25, 0.3) is 0 Å². The van der Waals surface area contributed by atoms with E-state index in [0.29, 0.717) is 11.7 Å². The molecule has 1 aromatic heterocycles. The van der Waals surface area contributed by atoms with Gasteiger partial charge >= 0.3 is 0 Å². The van der Waals surface area contributed by atoms with Crippen LogP contribution in [-0.2, 0) is 22.4 Å². The van der Waals surface area contributed by atoms with Crippen LogP contribution in [0.15, 0.2) is 41.3 Å². The largest absolute Gasteiger partial charge is 0.768 e. The van der Waals surface area contributed by atoms with E-state index < -0.39 is 11.1 Å². The summed E-state index contributed by atoms with van der Waals surface area (Å²) < 4.78 is 24.5. The molecule has 0 spiro atoms. The third-order valence-corrected chi connectivity index (χ3v) is 5.73. The normalized spacial score (nSPS) is 12.9. The molecule has 2 aromatic carbocycles. The molecular formula is C20H22N3O3S2-. The fourth-order valence-electron chi connectivity index (χ4n) is 2.70. The van der Waals surface area contributed by atoms with Crippen molar-refractivity contribution in [2.75, 3.05) is 5.32 Å². The minimum absolute atomic E-state index is 0.108. The molecule has 1 unspecified atom stereocenters. The smallest absolute Gasteiger partial charge is 0.223 e. The lowest BCUT2D eigenvalue weighted by Gasteiger charge is -2.22. The van der Waals surface area contributed by atoms with Crippen LogP contribution in [0, 0.1) is 0 Å². The number of rotatable bonds is 5. The first-order chi connectivity index (χ1) is 13.1. The van der Waals surface area contributed by atoms with Crippen molar-refractivity contribution in [1.29, 1.82) is 0 Å². The monoisotopic (exact) mass is 416 g/mol. The van der Waals surface area contributed by atoms with E-state index in [1.54, 1.807) is 6.07 Å². The van der Waals surface area contributed by atoms with Crippen LogP contribution in [0.2, 0.25) is 0 Å². The summed E-state index contributed by atoms with van der Waals surface area (Å²) in [4.78, 5) is 15.9. The molecule has 6 nitrogen and oxygen atoms in total. The SMILES string of the molecule is CC(=O)Nc1nc2ccc(-c3ccc(CNC(C)(C)C)c(S(=O)[O-])c3)cc2s1. The Kier molecular flexibility index (Phi) is 5.95. The number of carbonyl (C=O) groups excluding carboxylic acids is 1. The average molecular weight is 417 g/mol. The highest BCUT2D eigenvalue weighted by Gasteiger charge is 2.13. The van der Waals surface area contributed by atoms with E-state index in [1.807, 2.05) is 51.1 Å². The summed E-state index contributed by atoms with van der Waals surface area (Å²) in [5.74, 6) is -0.165. The number of fused-ring (bicyclic) bond motifs is 1. The summed E-state index contributed by atoms with van der Waals surface area (Å²) in [6.07, 6.45) is 0. The standard InChI is InChI=1S/C20H23N3O3S2/c1-12(24)22-19-23-16-8-7-13(9-17(16)27-19)14-5-6-15(11-21-20(2,3)4)18(10-14)28(25)26/h5-10,21H,11H2,1-4H3,(H,25,26)(H,22,23,24)/p-1. The first-order valence-electron chi connectivity index (χ1n) is 8.78. The molecule has 0 aliphatic heterocycles. The van der Waals surface area contributed by atoms with E-state index >= 15 is 0 Å². The first kappa shape index (κ1) is 20.6. The zero-order valence-electron chi connectivity index (χ0n) is 16.2. The molecule has 0 aliphatic carbocycles. The Balaban J connectivity index is 1.95. The number of nitrogens with zero attached hydrogens (tertiary/aromatic N) is 1. The topological polar surface area (TPSA) is 94.2 Å². The molecule has 2 N–H and O–H groups in total. The van der Waals surface area contributed by atoms with Crippen molar-refractivity contribution >= 4 is 43.7 Å². The lowest BCUT2D eigenvalue weighted by molar-refractivity contribution is -0.114. The number of amides is 1. The quantitative estimate of drug-likeness (QED) is 0.612. The van der Waals surface area contributed by atoms with Gasteiger partial charge in [-0.25, -0.2) is 4.98 Å². The van der Waals surface area contributed by atoms with Gasteiger partial charge in [0.15, 0.2) is 5.13 Å². The highest BCUT2D eigenvalue weighted by molar-refractivity contribution is 7.79. The van der Waals surface area contributed by atoms with Crippen LogP contribution in [0.4, 0.5) is 5.13 Å². The van der Waals surface area contributed by atoms with Crippen LogP contribution in [0.25, 0.3) is 21.3 Å². The molecular weight excluding hydrogens is 394 g/mol. The molecule has 0 saturated carbocycles. The maximum absolute atomic E-state index is 11.8. The van der Waals surface area contributed by atoms with E-state index in [9.17, 15) is 13.6 Å². The van der Waals surface area contributed by atoms with E-state index in [0.717, 1.165) is 26.9 Å². The molecule has 0 saturated heterocycles. The molecule has 3 aromatic rings. The second kappa shape index (κ2) is 8.08. The molecule has 0 fully saturated rings. The van der Waals surface area contributed by atoms with Gasteiger partial charge in [-0.3, -0.25) is 9.00 Å². The molecule has 0 bridgehead atoms. The Labute approximate surface area is 170 Å². The lowest BCUT2D eigenvalue weighted by atomic mass is 10.0. The highest BCUT2D eigenvalue weighted by atomic mass is 32.2. The number of benzene rings is 2. The van der Waals surface area contributed by atoms with Crippen LogP contribution in [0.3, 0.4) is 0 Å². The number of aromatic nitrogens is 1. The van der Waals surface area contributed by atoms with Crippen LogP contribution in [0.1, 0.15) is 33.3 Å². The number of anilines is 1. The summed E-state index contributed by atoms with van der Waals surface area (Å²) in [6, 6.07) is 11.2. The molecule has 0 radical (unpaired) electrons. The zero-order valence-corrected chi connectivity index (χ0v) is 17.8. The van der Waals surface area contributed by atoms with Crippen molar-refractivity contribution in [3.05, 3.63) is 42.0 Å². The lowest BCUT2D eigenvalue weighted by Crippen LogP contribution is -2.35. The number of nitrogens with one attached hydrogen (secondary N) is 2. The fraction of sp³-hybridized carbons (Fsp3) is 0.300. The van der Waals surface area contributed by atoms with Crippen LogP contribution in [0.5, 0.6) is 0 Å². The van der Waals surface area contributed by atoms with Gasteiger partial charge in [-0.1, -0.05) is 29.5 Å². The maximum atomic E-state index is 11.8. The van der Waals surface area contributed by atoms with Crippen LogP contribution >= 0.6 is 11.3 Å². The number of thiazole rings is 1. The minimum atomic E-state index is -2.33. The van der Waals surface area contributed by atoms with Gasteiger partial charge < -0.3 is 15.2 Å². The molecule has 1 heterocycles. The Morgan fingerprint density at radius 2 is 1.86 bits per heavy atom. The number of carbonyl (C=O) groups is 1. The minimum Gasteiger partial charge on any atom is -0.768 e. The second-order valence-corrected chi connectivity index (χ2v) is 9.48. The van der Waals surface area contributed by atoms with Crippen molar-refractivity contribution < 1.29 is 13.6 Å². The fourth-order valence-corrected chi connectivity index (χ4v) is 4.23. The summed E-state index contributed by atoms with van der Waals surface area (Å²) >= 11 is -0.946. The predicted molar refractivity (Wildman–Crippen MR) is 113 cm³/mol. The molecule has 0 aliphatic rings. The van der Waals surface area contributed by atoms with Gasteiger partial charge in [0.05, 0.1) is 10.2 Å². The molecule has 3 rings (SSSR count). The Morgan fingerprint density at radius 3 is 2.50 bits per heavy atom. The van der Waals surface area contributed by atoms with Crippen molar-refractivity contribution in [1.82, 2.24) is 10.3 Å². The molecule has 28 heavy (non-hydrogen) atoms. The van der Waals surface area contributed by atoms with E-state index in [2.05, 4.69) is 15.6 Å². The summed E-state index contributed by atoms with van der Waals surface area (Å²) in [7, 11) is 0. The summed E-state index contributed by atoms with van der Waals surface area (Å²) in [5, 5.41) is 6.56. The van der Waals surface area contributed by atoms with Crippen molar-refractivity contribution in [2.24, 2.45) is 0 Å².